The molecule has 0 bridgehead atoms. The van der Waals surface area contributed by atoms with Crippen molar-refractivity contribution in [3.63, 3.8) is 0 Å². The molecule has 1 aliphatic carbocycles. The van der Waals surface area contributed by atoms with Gasteiger partial charge in [-0.25, -0.2) is 8.42 Å². The maximum atomic E-state index is 13.2. The van der Waals surface area contributed by atoms with Gasteiger partial charge in [-0.15, -0.1) is 0 Å². The lowest BCUT2D eigenvalue weighted by molar-refractivity contribution is -0.139. The summed E-state index contributed by atoms with van der Waals surface area (Å²) in [7, 11) is -3.96. The van der Waals surface area contributed by atoms with E-state index in [-0.39, 0.29) is 29.8 Å². The SMILES string of the molecule is N#CCCC[C@@H](C(=O)NC1CCC1)N1CC[C@H](NS(=O)(=O)c2ccc3cc(Cl)ccc3c2)C1=O. The molecule has 2 amide bonds. The van der Waals surface area contributed by atoms with Gasteiger partial charge in [0.1, 0.15) is 12.1 Å². The topological polar surface area (TPSA) is 119 Å². The smallest absolute Gasteiger partial charge is 0.243 e. The Balaban J connectivity index is 1.47. The number of carbonyl (C=O) groups is 2. The Labute approximate surface area is 204 Å². The van der Waals surface area contributed by atoms with Crippen LogP contribution in [0.25, 0.3) is 10.8 Å². The van der Waals surface area contributed by atoms with Crippen LogP contribution >= 0.6 is 11.6 Å². The van der Waals surface area contributed by atoms with Crippen molar-refractivity contribution in [1.82, 2.24) is 14.9 Å². The van der Waals surface area contributed by atoms with Crippen molar-refractivity contribution in [3.05, 3.63) is 41.4 Å². The number of unbranched alkanes of at least 4 members (excludes halogenated alkanes) is 1. The molecule has 1 saturated heterocycles. The fourth-order valence-corrected chi connectivity index (χ4v) is 5.83. The summed E-state index contributed by atoms with van der Waals surface area (Å²) in [6, 6.07) is 10.4. The molecule has 2 aromatic rings. The first-order chi connectivity index (χ1) is 16.3. The fourth-order valence-electron chi connectivity index (χ4n) is 4.39. The maximum absolute atomic E-state index is 13.2. The highest BCUT2D eigenvalue weighted by Crippen LogP contribution is 2.25. The second-order valence-corrected chi connectivity index (χ2v) is 11.0. The van der Waals surface area contributed by atoms with Crippen molar-refractivity contribution in [2.75, 3.05) is 6.54 Å². The van der Waals surface area contributed by atoms with Crippen molar-refractivity contribution >= 4 is 44.2 Å². The highest BCUT2D eigenvalue weighted by molar-refractivity contribution is 7.89. The summed E-state index contributed by atoms with van der Waals surface area (Å²) in [5, 5.41) is 13.9. The standard InChI is InChI=1S/C24H27ClN4O4S/c25-18-9-7-17-15-20(10-8-16(17)14-18)34(32,33)28-21-11-13-29(24(21)31)22(6-1-2-12-26)23(30)27-19-4-3-5-19/h7-10,14-15,19,21-22,28H,1-6,11,13H2,(H,27,30)/t21-,22-/m0/s1. The van der Waals surface area contributed by atoms with Crippen LogP contribution in [0.3, 0.4) is 0 Å². The number of hydrogen-bond donors (Lipinski definition) is 2. The monoisotopic (exact) mass is 502 g/mol. The average Bonchev–Trinajstić information content (AvgIpc) is 3.12. The lowest BCUT2D eigenvalue weighted by Crippen LogP contribution is -2.53. The molecule has 34 heavy (non-hydrogen) atoms. The number of halogens is 1. The Morgan fingerprint density at radius 1 is 1.18 bits per heavy atom. The van der Waals surface area contributed by atoms with Crippen molar-refractivity contribution in [3.8, 4) is 6.07 Å². The molecule has 180 valence electrons. The van der Waals surface area contributed by atoms with E-state index in [0.29, 0.717) is 24.3 Å². The molecule has 2 aromatic carbocycles. The quantitative estimate of drug-likeness (QED) is 0.510. The molecule has 4 rings (SSSR count). The zero-order chi connectivity index (χ0) is 24.3. The predicted octanol–water partition coefficient (Wildman–Crippen LogP) is 3.10. The van der Waals surface area contributed by atoms with E-state index in [1.165, 1.54) is 11.0 Å². The van der Waals surface area contributed by atoms with Gasteiger partial charge in [0, 0.05) is 24.0 Å². The van der Waals surface area contributed by atoms with Gasteiger partial charge in [-0.05, 0) is 73.6 Å². The van der Waals surface area contributed by atoms with Crippen LogP contribution in [0.2, 0.25) is 5.02 Å². The Bertz CT molecular complexity index is 1240. The van der Waals surface area contributed by atoms with E-state index in [0.717, 1.165) is 30.0 Å². The van der Waals surface area contributed by atoms with Crippen molar-refractivity contribution < 1.29 is 18.0 Å². The van der Waals surface area contributed by atoms with E-state index < -0.39 is 28.0 Å². The first-order valence-corrected chi connectivity index (χ1v) is 13.3. The molecule has 0 radical (unpaired) electrons. The Kier molecular flexibility index (Phi) is 7.41. The van der Waals surface area contributed by atoms with Gasteiger partial charge in [0.25, 0.3) is 0 Å². The first-order valence-electron chi connectivity index (χ1n) is 11.5. The zero-order valence-electron chi connectivity index (χ0n) is 18.7. The molecule has 10 heteroatoms. The van der Waals surface area contributed by atoms with E-state index in [1.54, 1.807) is 30.3 Å². The molecule has 0 unspecified atom stereocenters. The first kappa shape index (κ1) is 24.5. The van der Waals surface area contributed by atoms with Crippen LogP contribution in [-0.2, 0) is 19.6 Å². The molecule has 0 spiro atoms. The van der Waals surface area contributed by atoms with Gasteiger partial charge in [-0.2, -0.15) is 9.98 Å². The Morgan fingerprint density at radius 3 is 2.62 bits per heavy atom. The number of benzene rings is 2. The number of nitriles is 1. The molecule has 2 N–H and O–H groups in total. The van der Waals surface area contributed by atoms with Crippen LogP contribution < -0.4 is 10.0 Å². The Morgan fingerprint density at radius 2 is 1.91 bits per heavy atom. The van der Waals surface area contributed by atoms with Gasteiger partial charge in [0.2, 0.25) is 21.8 Å². The molecular formula is C24H27ClN4O4S. The maximum Gasteiger partial charge on any atom is 0.243 e. The highest BCUT2D eigenvalue weighted by Gasteiger charge is 2.41. The summed E-state index contributed by atoms with van der Waals surface area (Å²) in [6.07, 6.45) is 4.32. The van der Waals surface area contributed by atoms with E-state index >= 15 is 0 Å². The van der Waals surface area contributed by atoms with Gasteiger partial charge in [0.15, 0.2) is 0 Å². The third-order valence-electron chi connectivity index (χ3n) is 6.52. The molecule has 8 nitrogen and oxygen atoms in total. The normalized spacial score (nSPS) is 19.6. The van der Waals surface area contributed by atoms with Crippen LogP contribution in [0, 0.1) is 11.3 Å². The van der Waals surface area contributed by atoms with Crippen LogP contribution in [0.1, 0.15) is 44.9 Å². The van der Waals surface area contributed by atoms with Crippen LogP contribution in [0.4, 0.5) is 0 Å². The van der Waals surface area contributed by atoms with E-state index in [4.69, 9.17) is 16.9 Å². The van der Waals surface area contributed by atoms with Gasteiger partial charge in [0.05, 0.1) is 11.0 Å². The summed E-state index contributed by atoms with van der Waals surface area (Å²) >= 11 is 6.00. The lowest BCUT2D eigenvalue weighted by atomic mass is 9.92. The van der Waals surface area contributed by atoms with Crippen molar-refractivity contribution in [2.45, 2.75) is 68.0 Å². The molecule has 1 saturated carbocycles. The van der Waals surface area contributed by atoms with E-state index in [2.05, 4.69) is 16.1 Å². The van der Waals surface area contributed by atoms with Crippen molar-refractivity contribution in [1.29, 1.82) is 5.26 Å². The number of hydrogen-bond acceptors (Lipinski definition) is 5. The Hall–Kier alpha value is -2.67. The number of carbonyl (C=O) groups excluding carboxylic acids is 2. The number of sulfonamides is 1. The summed E-state index contributed by atoms with van der Waals surface area (Å²) in [5.41, 5.74) is 0. The summed E-state index contributed by atoms with van der Waals surface area (Å²) in [6.45, 7) is 0.275. The third-order valence-corrected chi connectivity index (χ3v) is 8.22. The molecule has 0 aromatic heterocycles. The van der Waals surface area contributed by atoms with E-state index in [1.807, 2.05) is 0 Å². The molecule has 2 atom stereocenters. The number of likely N-dealkylation sites (tertiary alicyclic amines) is 1. The molecule has 2 fully saturated rings. The predicted molar refractivity (Wildman–Crippen MR) is 128 cm³/mol. The second kappa shape index (κ2) is 10.3. The van der Waals surface area contributed by atoms with Crippen LogP contribution in [0.15, 0.2) is 41.3 Å². The minimum atomic E-state index is -3.96. The fraction of sp³-hybridized carbons (Fsp3) is 0.458. The number of nitrogens with zero attached hydrogens (tertiary/aromatic N) is 2. The summed E-state index contributed by atoms with van der Waals surface area (Å²) in [4.78, 5) is 27.6. The van der Waals surface area contributed by atoms with Gasteiger partial charge in [-0.3, -0.25) is 9.59 Å². The largest absolute Gasteiger partial charge is 0.352 e. The van der Waals surface area contributed by atoms with Crippen LogP contribution in [-0.4, -0.2) is 49.8 Å². The lowest BCUT2D eigenvalue weighted by Gasteiger charge is -2.32. The van der Waals surface area contributed by atoms with Crippen molar-refractivity contribution in [2.24, 2.45) is 0 Å². The number of amides is 2. The number of fused-ring (bicyclic) bond motifs is 1. The average molecular weight is 503 g/mol. The minimum absolute atomic E-state index is 0.0573. The van der Waals surface area contributed by atoms with E-state index in [9.17, 15) is 18.0 Å². The summed E-state index contributed by atoms with van der Waals surface area (Å²) < 4.78 is 28.6. The molecule has 1 heterocycles. The molecule has 2 aliphatic rings. The highest BCUT2D eigenvalue weighted by atomic mass is 35.5. The van der Waals surface area contributed by atoms with Gasteiger partial charge in [-0.1, -0.05) is 23.7 Å². The molecule has 1 aliphatic heterocycles. The minimum Gasteiger partial charge on any atom is -0.352 e. The van der Waals surface area contributed by atoms with Gasteiger partial charge < -0.3 is 10.2 Å². The zero-order valence-corrected chi connectivity index (χ0v) is 20.2. The van der Waals surface area contributed by atoms with Crippen LogP contribution in [0.5, 0.6) is 0 Å². The second-order valence-electron chi connectivity index (χ2n) is 8.85. The number of rotatable bonds is 9. The van der Waals surface area contributed by atoms with Gasteiger partial charge >= 0.3 is 0 Å². The number of nitrogens with one attached hydrogen (secondary N) is 2. The third kappa shape index (κ3) is 5.35. The molecular weight excluding hydrogens is 476 g/mol. The summed E-state index contributed by atoms with van der Waals surface area (Å²) in [5.74, 6) is -0.644.